The Labute approximate surface area is 217 Å². The number of carbonyl (C=O) groups is 1. The first-order valence-electron chi connectivity index (χ1n) is 11.9. The number of nitrogens with zero attached hydrogens (tertiary/aromatic N) is 4. The van der Waals surface area contributed by atoms with E-state index in [2.05, 4.69) is 44.2 Å². The van der Waals surface area contributed by atoms with E-state index in [0.29, 0.717) is 19.0 Å². The molecule has 1 unspecified atom stereocenters. The van der Waals surface area contributed by atoms with E-state index in [1.54, 1.807) is 4.90 Å². The Balaban J connectivity index is 0.00000274. The van der Waals surface area contributed by atoms with Crippen molar-refractivity contribution in [3.8, 4) is 0 Å². The minimum atomic E-state index is -0.506. The fourth-order valence-electron chi connectivity index (χ4n) is 4.79. The molecule has 182 valence electrons. The van der Waals surface area contributed by atoms with Crippen molar-refractivity contribution in [3.63, 3.8) is 0 Å². The molecule has 0 spiro atoms. The molecule has 2 aromatic rings. The zero-order valence-corrected chi connectivity index (χ0v) is 21.6. The van der Waals surface area contributed by atoms with Crippen LogP contribution in [-0.4, -0.2) is 57.9 Å². The van der Waals surface area contributed by atoms with Gasteiger partial charge >= 0.3 is 0 Å². The molecule has 1 atom stereocenters. The fourth-order valence-corrected chi connectivity index (χ4v) is 4.79. The molecule has 0 radical (unpaired) electrons. The summed E-state index contributed by atoms with van der Waals surface area (Å²) >= 11 is 0. The van der Waals surface area contributed by atoms with Crippen LogP contribution in [0.5, 0.6) is 0 Å². The Kier molecular flexibility index (Phi) is 8.02. The number of hydrogen-bond acceptors (Lipinski definition) is 6. The van der Waals surface area contributed by atoms with E-state index < -0.39 is 5.82 Å². The number of likely N-dealkylation sites (tertiary alicyclic amines) is 1. The molecule has 1 saturated heterocycles. The van der Waals surface area contributed by atoms with Gasteiger partial charge in [0.1, 0.15) is 0 Å². The summed E-state index contributed by atoms with van der Waals surface area (Å²) < 4.78 is 14.4. The van der Waals surface area contributed by atoms with Crippen LogP contribution in [0, 0.1) is 11.7 Å². The van der Waals surface area contributed by atoms with Crippen LogP contribution >= 0.6 is 24.0 Å². The number of nitrogens with one attached hydrogen (secondary N) is 2. The van der Waals surface area contributed by atoms with Gasteiger partial charge in [0.2, 0.25) is 11.9 Å². The van der Waals surface area contributed by atoms with Crippen molar-refractivity contribution in [1.29, 1.82) is 0 Å². The largest absolute Gasteiger partial charge is 0.363 e. The zero-order valence-electron chi connectivity index (χ0n) is 19.3. The van der Waals surface area contributed by atoms with E-state index in [1.807, 2.05) is 6.07 Å². The molecule has 1 aromatic carbocycles. The average molecular weight is 578 g/mol. The van der Waals surface area contributed by atoms with Gasteiger partial charge in [0.05, 0.1) is 6.20 Å². The summed E-state index contributed by atoms with van der Waals surface area (Å²) in [5, 5.41) is 6.39. The molecule has 1 aromatic heterocycles. The molecule has 1 aliphatic carbocycles. The molecule has 3 aliphatic rings. The van der Waals surface area contributed by atoms with Gasteiger partial charge in [-0.2, -0.15) is 4.98 Å². The predicted molar refractivity (Wildman–Crippen MR) is 142 cm³/mol. The normalized spacial score (nSPS) is 20.1. The maximum absolute atomic E-state index is 14.4. The lowest BCUT2D eigenvalue weighted by molar-refractivity contribution is -0.127. The Hall–Kier alpha value is -2.27. The third-order valence-electron chi connectivity index (χ3n) is 6.76. The van der Waals surface area contributed by atoms with Crippen molar-refractivity contribution in [3.05, 3.63) is 54.0 Å². The summed E-state index contributed by atoms with van der Waals surface area (Å²) in [5.41, 5.74) is 3.63. The van der Waals surface area contributed by atoms with Gasteiger partial charge in [-0.15, -0.1) is 24.0 Å². The molecule has 3 heterocycles. The van der Waals surface area contributed by atoms with Crippen molar-refractivity contribution < 1.29 is 9.18 Å². The highest BCUT2D eigenvalue weighted by Crippen LogP contribution is 2.32. The van der Waals surface area contributed by atoms with Crippen LogP contribution in [0.15, 0.2) is 37.1 Å². The number of benzene rings is 1. The lowest BCUT2D eigenvalue weighted by atomic mass is 9.99. The minimum absolute atomic E-state index is 0. The fraction of sp³-hybridized carbons (Fsp3) is 0.480. The topological polar surface area (TPSA) is 73.4 Å². The molecule has 7 nitrogen and oxygen atoms in total. The number of anilines is 3. The van der Waals surface area contributed by atoms with Crippen LogP contribution in [0.4, 0.5) is 21.8 Å². The number of amides is 1. The van der Waals surface area contributed by atoms with E-state index in [-0.39, 0.29) is 41.7 Å². The van der Waals surface area contributed by atoms with Gasteiger partial charge in [-0.25, -0.2) is 9.37 Å². The van der Waals surface area contributed by atoms with Gasteiger partial charge in [-0.3, -0.25) is 9.69 Å². The second kappa shape index (κ2) is 11.0. The van der Waals surface area contributed by atoms with Crippen LogP contribution in [0.25, 0.3) is 0 Å². The van der Waals surface area contributed by atoms with Crippen molar-refractivity contribution in [2.24, 2.45) is 5.92 Å². The molecule has 34 heavy (non-hydrogen) atoms. The van der Waals surface area contributed by atoms with Crippen molar-refractivity contribution in [2.45, 2.75) is 44.7 Å². The van der Waals surface area contributed by atoms with Crippen molar-refractivity contribution in [2.75, 3.05) is 36.8 Å². The predicted octanol–water partition coefficient (Wildman–Crippen LogP) is 4.33. The summed E-state index contributed by atoms with van der Waals surface area (Å²) in [6, 6.07) is 6.30. The van der Waals surface area contributed by atoms with E-state index in [0.717, 1.165) is 44.0 Å². The van der Waals surface area contributed by atoms with E-state index >= 15 is 0 Å². The summed E-state index contributed by atoms with van der Waals surface area (Å²) in [5.74, 6) is 0.799. The van der Waals surface area contributed by atoms with Crippen LogP contribution in [0.3, 0.4) is 0 Å². The molecule has 2 fully saturated rings. The Morgan fingerprint density at radius 1 is 1.24 bits per heavy atom. The highest BCUT2D eigenvalue weighted by atomic mass is 127. The van der Waals surface area contributed by atoms with Gasteiger partial charge in [0.25, 0.3) is 0 Å². The number of fused-ring (bicyclic) bond motifs is 1. The lowest BCUT2D eigenvalue weighted by Gasteiger charge is -2.32. The number of rotatable bonds is 7. The molecular weight excluding hydrogens is 546 g/mol. The average Bonchev–Trinajstić information content (AvgIpc) is 3.65. The van der Waals surface area contributed by atoms with E-state index in [1.165, 1.54) is 42.8 Å². The standard InChI is InChI=1S/C25H31FN6O.HI/c1-2-23(33)32-10-3-4-21(16-32)28-24-22(26)13-27-25(30-24)29-20-8-7-19-15-31(14-17-5-6-17)11-9-18(19)12-20;/h2,7-8,12-13,17,21H,1,3-6,9-11,14-16H2,(H2,27,28,29,30);1H. The molecule has 2 N–H and O–H groups in total. The molecule has 9 heteroatoms. The summed E-state index contributed by atoms with van der Waals surface area (Å²) in [6.45, 7) is 8.08. The molecule has 5 rings (SSSR count). The lowest BCUT2D eigenvalue weighted by Crippen LogP contribution is -2.44. The SMILES string of the molecule is C=CC(=O)N1CCCC(Nc2nc(Nc3ccc4c(c3)CCN(CC3CC3)C4)ncc2F)C1.I. The number of aromatic nitrogens is 2. The number of halogens is 2. The second-order valence-electron chi connectivity index (χ2n) is 9.40. The van der Waals surface area contributed by atoms with E-state index in [4.69, 9.17) is 0 Å². The van der Waals surface area contributed by atoms with Crippen molar-refractivity contribution >= 4 is 47.3 Å². The first kappa shape index (κ1) is 24.8. The summed E-state index contributed by atoms with van der Waals surface area (Å²) in [4.78, 5) is 24.7. The van der Waals surface area contributed by atoms with Gasteiger partial charge in [0, 0.05) is 44.5 Å². The van der Waals surface area contributed by atoms with Crippen LogP contribution < -0.4 is 10.6 Å². The maximum Gasteiger partial charge on any atom is 0.246 e. The summed E-state index contributed by atoms with van der Waals surface area (Å²) in [6.07, 6.45) is 7.99. The Morgan fingerprint density at radius 2 is 2.09 bits per heavy atom. The summed E-state index contributed by atoms with van der Waals surface area (Å²) in [7, 11) is 0. The van der Waals surface area contributed by atoms with Gasteiger partial charge in [-0.1, -0.05) is 12.6 Å². The highest BCUT2D eigenvalue weighted by Gasteiger charge is 2.26. The quantitative estimate of drug-likeness (QED) is 0.377. The highest BCUT2D eigenvalue weighted by molar-refractivity contribution is 14.0. The smallest absolute Gasteiger partial charge is 0.246 e. The third kappa shape index (κ3) is 6.04. The number of hydrogen-bond donors (Lipinski definition) is 2. The van der Waals surface area contributed by atoms with Crippen LogP contribution in [0.2, 0.25) is 0 Å². The molecule has 1 saturated carbocycles. The van der Waals surface area contributed by atoms with Gasteiger partial charge in [-0.05, 0) is 67.4 Å². The van der Waals surface area contributed by atoms with Gasteiger partial charge < -0.3 is 15.5 Å². The van der Waals surface area contributed by atoms with Crippen LogP contribution in [0.1, 0.15) is 36.8 Å². The number of piperidine rings is 1. The monoisotopic (exact) mass is 578 g/mol. The van der Waals surface area contributed by atoms with Gasteiger partial charge in [0.15, 0.2) is 11.6 Å². The van der Waals surface area contributed by atoms with E-state index in [9.17, 15) is 9.18 Å². The first-order valence-corrected chi connectivity index (χ1v) is 11.9. The Bertz CT molecular complexity index is 1050. The minimum Gasteiger partial charge on any atom is -0.363 e. The molecular formula is C25H32FIN6O. The maximum atomic E-state index is 14.4. The zero-order chi connectivity index (χ0) is 22.8. The first-order chi connectivity index (χ1) is 16.1. The Morgan fingerprint density at radius 3 is 2.88 bits per heavy atom. The van der Waals surface area contributed by atoms with Crippen LogP contribution in [-0.2, 0) is 17.8 Å². The molecule has 0 bridgehead atoms. The molecule has 2 aliphatic heterocycles. The third-order valence-corrected chi connectivity index (χ3v) is 6.76. The number of carbonyl (C=O) groups excluding carboxylic acids is 1. The van der Waals surface area contributed by atoms with Crippen molar-refractivity contribution in [1.82, 2.24) is 19.8 Å². The second-order valence-corrected chi connectivity index (χ2v) is 9.40. The molecule has 1 amide bonds.